The predicted molar refractivity (Wildman–Crippen MR) is 78.7 cm³/mol. The maximum Gasteiger partial charge on any atom is 0.273 e. The molecule has 0 saturated heterocycles. The van der Waals surface area contributed by atoms with Crippen LogP contribution < -0.4 is 10.1 Å². The minimum Gasteiger partial charge on any atom is -0.482 e. The predicted octanol–water partition coefficient (Wildman–Crippen LogP) is 2.90. The monoisotopic (exact) mass is 344 g/mol. The number of hydrogen-bond acceptors (Lipinski definition) is 4. The van der Waals surface area contributed by atoms with Crippen LogP contribution in [-0.4, -0.2) is 23.5 Å². The lowest BCUT2D eigenvalue weighted by Gasteiger charge is -2.17. The van der Waals surface area contributed by atoms with E-state index in [2.05, 4.69) is 21.2 Å². The van der Waals surface area contributed by atoms with Gasteiger partial charge in [-0.25, -0.2) is 0 Å². The summed E-state index contributed by atoms with van der Waals surface area (Å²) < 4.78 is 5.87. The van der Waals surface area contributed by atoms with Crippen molar-refractivity contribution in [2.24, 2.45) is 5.92 Å². The number of nitro groups is 1. The van der Waals surface area contributed by atoms with Crippen LogP contribution >= 0.6 is 15.9 Å². The zero-order valence-corrected chi connectivity index (χ0v) is 13.1. The topological polar surface area (TPSA) is 81.5 Å². The second-order valence-electron chi connectivity index (χ2n) is 4.76. The molecule has 1 atom stereocenters. The first-order chi connectivity index (χ1) is 9.31. The van der Waals surface area contributed by atoms with Crippen LogP contribution in [0.2, 0.25) is 0 Å². The van der Waals surface area contributed by atoms with E-state index in [0.717, 1.165) is 0 Å². The van der Waals surface area contributed by atoms with E-state index >= 15 is 0 Å². The number of nitrogens with one attached hydrogen (secondary N) is 1. The maximum absolute atomic E-state index is 11.7. The molecule has 6 nitrogen and oxygen atoms in total. The fourth-order valence-corrected chi connectivity index (χ4v) is 1.68. The first-order valence-electron chi connectivity index (χ1n) is 6.17. The molecule has 1 aromatic carbocycles. The fraction of sp³-hybridized carbons (Fsp3) is 0.462. The van der Waals surface area contributed by atoms with Crippen molar-refractivity contribution in [1.29, 1.82) is 0 Å². The van der Waals surface area contributed by atoms with E-state index in [-0.39, 0.29) is 30.0 Å². The van der Waals surface area contributed by atoms with Gasteiger partial charge in [0.1, 0.15) is 5.75 Å². The van der Waals surface area contributed by atoms with Crippen molar-refractivity contribution in [3.05, 3.63) is 32.8 Å². The molecular formula is C13H17BrN2O4. The van der Waals surface area contributed by atoms with Gasteiger partial charge in [0.25, 0.3) is 11.6 Å². The third-order valence-electron chi connectivity index (χ3n) is 2.87. The molecule has 0 bridgehead atoms. The Labute approximate surface area is 125 Å². The molecule has 0 fully saturated rings. The minimum absolute atomic E-state index is 0.0413. The molecule has 7 heteroatoms. The number of halogens is 1. The van der Waals surface area contributed by atoms with Gasteiger partial charge >= 0.3 is 0 Å². The largest absolute Gasteiger partial charge is 0.482 e. The van der Waals surface area contributed by atoms with Gasteiger partial charge in [0.2, 0.25) is 0 Å². The van der Waals surface area contributed by atoms with Crippen molar-refractivity contribution in [1.82, 2.24) is 5.32 Å². The molecule has 1 rings (SSSR count). The Hall–Kier alpha value is -1.63. The quantitative estimate of drug-likeness (QED) is 0.635. The van der Waals surface area contributed by atoms with E-state index < -0.39 is 4.92 Å². The average Bonchev–Trinajstić information content (AvgIpc) is 2.37. The molecule has 0 aliphatic carbocycles. The summed E-state index contributed by atoms with van der Waals surface area (Å²) in [5.74, 6) is 0.333. The van der Waals surface area contributed by atoms with Crippen molar-refractivity contribution in [2.75, 3.05) is 6.61 Å². The Morgan fingerprint density at radius 1 is 1.45 bits per heavy atom. The van der Waals surface area contributed by atoms with Crippen LogP contribution in [0.5, 0.6) is 5.75 Å². The fourth-order valence-electron chi connectivity index (χ4n) is 1.32. The smallest absolute Gasteiger partial charge is 0.273 e. The number of hydrogen-bond donors (Lipinski definition) is 1. The van der Waals surface area contributed by atoms with Crippen molar-refractivity contribution in [3.63, 3.8) is 0 Å². The van der Waals surface area contributed by atoms with Gasteiger partial charge in [0.15, 0.2) is 6.61 Å². The molecule has 20 heavy (non-hydrogen) atoms. The van der Waals surface area contributed by atoms with E-state index in [0.29, 0.717) is 10.4 Å². The lowest BCUT2D eigenvalue weighted by atomic mass is 10.1. The van der Waals surface area contributed by atoms with Gasteiger partial charge in [0, 0.05) is 12.1 Å². The summed E-state index contributed by atoms with van der Waals surface area (Å²) in [7, 11) is 0. The van der Waals surface area contributed by atoms with Crippen LogP contribution in [0.3, 0.4) is 0 Å². The van der Waals surface area contributed by atoms with E-state index in [9.17, 15) is 14.9 Å². The van der Waals surface area contributed by atoms with E-state index in [1.165, 1.54) is 18.2 Å². The summed E-state index contributed by atoms with van der Waals surface area (Å²) >= 11 is 3.22. The number of carbonyl (C=O) groups is 1. The van der Waals surface area contributed by atoms with E-state index in [1.807, 2.05) is 20.8 Å². The van der Waals surface area contributed by atoms with Gasteiger partial charge in [-0.2, -0.15) is 0 Å². The number of amides is 1. The molecule has 1 unspecified atom stereocenters. The van der Waals surface area contributed by atoms with Gasteiger partial charge in [0.05, 0.1) is 15.5 Å². The second-order valence-corrected chi connectivity index (χ2v) is 5.62. The van der Waals surface area contributed by atoms with Crippen molar-refractivity contribution < 1.29 is 14.5 Å². The number of carbonyl (C=O) groups excluding carboxylic acids is 1. The Morgan fingerprint density at radius 2 is 2.10 bits per heavy atom. The molecular weight excluding hydrogens is 328 g/mol. The molecule has 0 saturated carbocycles. The molecule has 0 radical (unpaired) electrons. The Balaban J connectivity index is 2.63. The molecule has 0 spiro atoms. The summed E-state index contributed by atoms with van der Waals surface area (Å²) in [5.41, 5.74) is -0.0841. The highest BCUT2D eigenvalue weighted by atomic mass is 79.9. The SMILES string of the molecule is CC(C)C(C)NC(=O)COc1cc([N+](=O)[O-])ccc1Br. The lowest BCUT2D eigenvalue weighted by molar-refractivity contribution is -0.385. The number of benzene rings is 1. The van der Waals surface area contributed by atoms with E-state index in [4.69, 9.17) is 4.74 Å². The van der Waals surface area contributed by atoms with Crippen LogP contribution in [-0.2, 0) is 4.79 Å². The standard InChI is InChI=1S/C13H17BrN2O4/c1-8(2)9(3)15-13(17)7-20-12-6-10(16(18)19)4-5-11(12)14/h4-6,8-9H,7H2,1-3H3,(H,15,17). The molecule has 1 amide bonds. The molecule has 1 N–H and O–H groups in total. The Kier molecular flexibility index (Phi) is 5.94. The first-order valence-corrected chi connectivity index (χ1v) is 6.96. The number of nitro benzene ring substituents is 1. The number of non-ortho nitro benzene ring substituents is 1. The molecule has 110 valence electrons. The third kappa shape index (κ3) is 4.80. The van der Waals surface area contributed by atoms with Crippen molar-refractivity contribution >= 4 is 27.5 Å². The highest BCUT2D eigenvalue weighted by Gasteiger charge is 2.14. The van der Waals surface area contributed by atoms with Gasteiger partial charge in [-0.1, -0.05) is 13.8 Å². The normalized spacial score (nSPS) is 12.1. The third-order valence-corrected chi connectivity index (χ3v) is 3.53. The molecule has 0 aliphatic heterocycles. The zero-order valence-electron chi connectivity index (χ0n) is 11.6. The van der Waals surface area contributed by atoms with Gasteiger partial charge in [-0.15, -0.1) is 0 Å². The molecule has 0 aromatic heterocycles. The highest BCUT2D eigenvalue weighted by Crippen LogP contribution is 2.29. The van der Waals surface area contributed by atoms with Crippen molar-refractivity contribution in [2.45, 2.75) is 26.8 Å². The molecule has 0 heterocycles. The van der Waals surface area contributed by atoms with Crippen LogP contribution in [0.25, 0.3) is 0 Å². The van der Waals surface area contributed by atoms with Crippen LogP contribution in [0.1, 0.15) is 20.8 Å². The lowest BCUT2D eigenvalue weighted by Crippen LogP contribution is -2.38. The summed E-state index contributed by atoms with van der Waals surface area (Å²) in [4.78, 5) is 21.8. The number of ether oxygens (including phenoxy) is 1. The summed E-state index contributed by atoms with van der Waals surface area (Å²) in [6, 6.07) is 4.20. The molecule has 1 aromatic rings. The van der Waals surface area contributed by atoms with Crippen molar-refractivity contribution in [3.8, 4) is 5.75 Å². The summed E-state index contributed by atoms with van der Waals surface area (Å²) in [6.07, 6.45) is 0. The van der Waals surface area contributed by atoms with Gasteiger partial charge in [-0.3, -0.25) is 14.9 Å². The average molecular weight is 345 g/mol. The van der Waals surface area contributed by atoms with Crippen LogP contribution in [0.15, 0.2) is 22.7 Å². The van der Waals surface area contributed by atoms with Gasteiger partial charge in [-0.05, 0) is 34.8 Å². The Morgan fingerprint density at radius 3 is 2.65 bits per heavy atom. The maximum atomic E-state index is 11.7. The van der Waals surface area contributed by atoms with Crippen LogP contribution in [0.4, 0.5) is 5.69 Å². The first kappa shape index (κ1) is 16.4. The Bertz CT molecular complexity index is 505. The summed E-state index contributed by atoms with van der Waals surface area (Å²) in [6.45, 7) is 5.73. The number of nitrogens with zero attached hydrogens (tertiary/aromatic N) is 1. The van der Waals surface area contributed by atoms with Crippen LogP contribution in [0, 0.1) is 16.0 Å². The minimum atomic E-state index is -0.514. The highest BCUT2D eigenvalue weighted by molar-refractivity contribution is 9.10. The second kappa shape index (κ2) is 7.23. The van der Waals surface area contributed by atoms with Gasteiger partial charge < -0.3 is 10.1 Å². The summed E-state index contributed by atoms with van der Waals surface area (Å²) in [5, 5.41) is 13.5. The number of rotatable bonds is 6. The zero-order chi connectivity index (χ0) is 15.3. The molecule has 0 aliphatic rings. The van der Waals surface area contributed by atoms with E-state index in [1.54, 1.807) is 0 Å².